The maximum Gasteiger partial charge on any atom is 0.303 e. The molecule has 0 fully saturated rings. The first-order valence-corrected chi connectivity index (χ1v) is 9.28. The van der Waals surface area contributed by atoms with Crippen LogP contribution in [-0.2, 0) is 11.2 Å². The highest BCUT2D eigenvalue weighted by atomic mass is 35.5. The number of ether oxygens (including phenoxy) is 3. The van der Waals surface area contributed by atoms with Crippen molar-refractivity contribution in [1.29, 1.82) is 0 Å². The van der Waals surface area contributed by atoms with E-state index in [2.05, 4.69) is 6.07 Å². The normalized spacial score (nSPS) is 10.5. The number of carboxylic acid groups (broad SMARTS) is 1. The van der Waals surface area contributed by atoms with E-state index in [1.165, 1.54) is 5.56 Å². The molecule has 0 unspecified atom stereocenters. The van der Waals surface area contributed by atoms with Crippen molar-refractivity contribution in [3.05, 3.63) is 52.0 Å². The lowest BCUT2D eigenvalue weighted by molar-refractivity contribution is -0.136. The Bertz CT molecular complexity index is 788. The van der Waals surface area contributed by atoms with Gasteiger partial charge in [-0.25, -0.2) is 0 Å². The van der Waals surface area contributed by atoms with Crippen molar-refractivity contribution < 1.29 is 24.1 Å². The van der Waals surface area contributed by atoms with E-state index in [9.17, 15) is 4.79 Å². The third kappa shape index (κ3) is 6.36. The molecule has 0 aliphatic rings. The van der Waals surface area contributed by atoms with E-state index in [0.717, 1.165) is 16.9 Å². The van der Waals surface area contributed by atoms with Gasteiger partial charge in [0.05, 0.1) is 11.6 Å². The molecular formula is C21H25ClO5. The second kappa shape index (κ2) is 10.1. The third-order valence-electron chi connectivity index (χ3n) is 3.91. The average Bonchev–Trinajstić information content (AvgIpc) is 2.60. The van der Waals surface area contributed by atoms with Crippen molar-refractivity contribution in [2.75, 3.05) is 19.8 Å². The van der Waals surface area contributed by atoms with Gasteiger partial charge in [0.1, 0.15) is 19.0 Å². The number of aryl methyl sites for hydroxylation is 3. The molecule has 0 bridgehead atoms. The van der Waals surface area contributed by atoms with Gasteiger partial charge in [0.2, 0.25) is 0 Å². The Hall–Kier alpha value is -2.40. The maximum atomic E-state index is 10.8. The highest BCUT2D eigenvalue weighted by Crippen LogP contribution is 2.37. The summed E-state index contributed by atoms with van der Waals surface area (Å²) in [6.45, 7) is 7.04. The quantitative estimate of drug-likeness (QED) is 0.586. The van der Waals surface area contributed by atoms with Gasteiger partial charge < -0.3 is 19.3 Å². The van der Waals surface area contributed by atoms with Crippen LogP contribution in [0.5, 0.6) is 17.2 Å². The van der Waals surface area contributed by atoms with Gasteiger partial charge in [-0.15, -0.1) is 0 Å². The standard InChI is InChI=1S/C21H25ClO5/c1-4-25-19-13-16(6-8-20(23)24)12-17(22)21(19)27-10-9-26-18-7-5-14(2)11-15(18)3/h5,7,11-13H,4,6,8-10H2,1-3H3,(H,23,24). The van der Waals surface area contributed by atoms with E-state index < -0.39 is 5.97 Å². The van der Waals surface area contributed by atoms with Gasteiger partial charge in [0, 0.05) is 6.42 Å². The monoisotopic (exact) mass is 392 g/mol. The molecule has 0 saturated carbocycles. The molecule has 2 aromatic rings. The minimum Gasteiger partial charge on any atom is -0.490 e. The smallest absolute Gasteiger partial charge is 0.303 e. The summed E-state index contributed by atoms with van der Waals surface area (Å²) in [6, 6.07) is 9.51. The molecule has 5 nitrogen and oxygen atoms in total. The van der Waals surface area contributed by atoms with Crippen molar-refractivity contribution in [2.45, 2.75) is 33.6 Å². The van der Waals surface area contributed by atoms with Crippen molar-refractivity contribution in [3.63, 3.8) is 0 Å². The molecule has 0 spiro atoms. The molecule has 2 rings (SSSR count). The Labute approximate surface area is 164 Å². The van der Waals surface area contributed by atoms with Crippen LogP contribution in [0, 0.1) is 13.8 Å². The van der Waals surface area contributed by atoms with Gasteiger partial charge in [-0.2, -0.15) is 0 Å². The van der Waals surface area contributed by atoms with Crippen molar-refractivity contribution >= 4 is 17.6 Å². The maximum absolute atomic E-state index is 10.8. The Kier molecular flexibility index (Phi) is 7.80. The number of rotatable bonds is 10. The van der Waals surface area contributed by atoms with Crippen LogP contribution in [-0.4, -0.2) is 30.9 Å². The third-order valence-corrected chi connectivity index (χ3v) is 4.20. The minimum atomic E-state index is -0.854. The lowest BCUT2D eigenvalue weighted by Crippen LogP contribution is -2.11. The van der Waals surface area contributed by atoms with Crippen LogP contribution in [0.4, 0.5) is 0 Å². The zero-order valence-corrected chi connectivity index (χ0v) is 16.6. The number of halogens is 1. The second-order valence-electron chi connectivity index (χ2n) is 6.20. The molecule has 0 aliphatic carbocycles. The zero-order valence-electron chi connectivity index (χ0n) is 15.9. The van der Waals surface area contributed by atoms with E-state index in [0.29, 0.717) is 42.8 Å². The first kappa shape index (κ1) is 20.9. The molecule has 0 aromatic heterocycles. The van der Waals surface area contributed by atoms with Crippen LogP contribution in [0.25, 0.3) is 0 Å². The number of carbonyl (C=O) groups is 1. The van der Waals surface area contributed by atoms with E-state index in [-0.39, 0.29) is 6.42 Å². The van der Waals surface area contributed by atoms with Crippen molar-refractivity contribution in [1.82, 2.24) is 0 Å². The van der Waals surface area contributed by atoms with E-state index in [1.54, 1.807) is 12.1 Å². The van der Waals surface area contributed by atoms with Crippen molar-refractivity contribution in [2.24, 2.45) is 0 Å². The van der Waals surface area contributed by atoms with Crippen LogP contribution in [0.2, 0.25) is 5.02 Å². The Balaban J connectivity index is 2.00. The fourth-order valence-corrected chi connectivity index (χ4v) is 2.96. The molecule has 0 amide bonds. The van der Waals surface area contributed by atoms with Gasteiger partial charge in [-0.05, 0) is 56.5 Å². The van der Waals surface area contributed by atoms with Crippen molar-refractivity contribution in [3.8, 4) is 17.2 Å². The number of benzene rings is 2. The first-order valence-electron chi connectivity index (χ1n) is 8.90. The van der Waals surface area contributed by atoms with E-state index in [4.69, 9.17) is 30.9 Å². The fourth-order valence-electron chi connectivity index (χ4n) is 2.68. The Morgan fingerprint density at radius 1 is 1.04 bits per heavy atom. The minimum absolute atomic E-state index is 0.0336. The van der Waals surface area contributed by atoms with Gasteiger partial charge in [0.15, 0.2) is 11.5 Å². The molecule has 1 N–H and O–H groups in total. The van der Waals surface area contributed by atoms with Gasteiger partial charge >= 0.3 is 5.97 Å². The summed E-state index contributed by atoms with van der Waals surface area (Å²) in [4.78, 5) is 10.8. The largest absolute Gasteiger partial charge is 0.490 e. The Morgan fingerprint density at radius 3 is 2.44 bits per heavy atom. The van der Waals surface area contributed by atoms with Crippen LogP contribution >= 0.6 is 11.6 Å². The van der Waals surface area contributed by atoms with Crippen LogP contribution < -0.4 is 14.2 Å². The zero-order chi connectivity index (χ0) is 19.8. The highest BCUT2D eigenvalue weighted by Gasteiger charge is 2.13. The molecule has 0 heterocycles. The summed E-state index contributed by atoms with van der Waals surface area (Å²) in [6.07, 6.45) is 0.414. The topological polar surface area (TPSA) is 65.0 Å². The molecule has 146 valence electrons. The lowest BCUT2D eigenvalue weighted by Gasteiger charge is -2.16. The molecule has 6 heteroatoms. The van der Waals surface area contributed by atoms with E-state index in [1.807, 2.05) is 32.9 Å². The number of hydrogen-bond acceptors (Lipinski definition) is 4. The Morgan fingerprint density at radius 2 is 1.78 bits per heavy atom. The summed E-state index contributed by atoms with van der Waals surface area (Å²) in [5.41, 5.74) is 3.06. The predicted octanol–water partition coefficient (Wildman–Crippen LogP) is 4.83. The second-order valence-corrected chi connectivity index (χ2v) is 6.60. The number of carboxylic acids is 1. The highest BCUT2D eigenvalue weighted by molar-refractivity contribution is 6.32. The molecule has 2 aromatic carbocycles. The molecule has 0 atom stereocenters. The van der Waals surface area contributed by atoms with Crippen LogP contribution in [0.3, 0.4) is 0 Å². The molecule has 0 aliphatic heterocycles. The summed E-state index contributed by atoms with van der Waals surface area (Å²) in [5.74, 6) is 0.927. The summed E-state index contributed by atoms with van der Waals surface area (Å²) in [5, 5.41) is 9.24. The van der Waals surface area contributed by atoms with Gasteiger partial charge in [-0.3, -0.25) is 4.79 Å². The van der Waals surface area contributed by atoms with E-state index >= 15 is 0 Å². The SMILES string of the molecule is CCOc1cc(CCC(=O)O)cc(Cl)c1OCCOc1ccc(C)cc1C. The van der Waals surface area contributed by atoms with Gasteiger partial charge in [-0.1, -0.05) is 29.3 Å². The molecule has 0 radical (unpaired) electrons. The first-order chi connectivity index (χ1) is 12.9. The van der Waals surface area contributed by atoms with Gasteiger partial charge in [0.25, 0.3) is 0 Å². The average molecular weight is 393 g/mol. The number of aliphatic carboxylic acids is 1. The van der Waals surface area contributed by atoms with Crippen LogP contribution in [0.1, 0.15) is 30.0 Å². The number of hydrogen-bond donors (Lipinski definition) is 1. The summed E-state index contributed by atoms with van der Waals surface area (Å²) < 4.78 is 17.2. The molecule has 27 heavy (non-hydrogen) atoms. The summed E-state index contributed by atoms with van der Waals surface area (Å²) in [7, 11) is 0. The fraction of sp³-hybridized carbons (Fsp3) is 0.381. The lowest BCUT2D eigenvalue weighted by atomic mass is 10.1. The molecule has 0 saturated heterocycles. The molecular weight excluding hydrogens is 368 g/mol. The van der Waals surface area contributed by atoms with Crippen LogP contribution in [0.15, 0.2) is 30.3 Å². The predicted molar refractivity (Wildman–Crippen MR) is 105 cm³/mol. The summed E-state index contributed by atoms with van der Waals surface area (Å²) >= 11 is 6.33.